The van der Waals surface area contributed by atoms with Crippen LogP contribution in [0.4, 0.5) is 0 Å². The Hall–Kier alpha value is -0.900. The zero-order valence-electron chi connectivity index (χ0n) is 13.5. The number of aliphatic imine (C=N–C) groups is 1. The molecule has 1 rings (SSSR count). The molecule has 122 valence electrons. The minimum absolute atomic E-state index is 0. The molecule has 2 N–H and O–H groups in total. The number of hydrogen-bond acceptors (Lipinski definition) is 4. The summed E-state index contributed by atoms with van der Waals surface area (Å²) >= 11 is 0. The van der Waals surface area contributed by atoms with Crippen LogP contribution in [0.3, 0.4) is 0 Å². The number of aryl methyl sites for hydroxylation is 1. The molecule has 0 bridgehead atoms. The largest absolute Gasteiger partial charge is 0.355 e. The van der Waals surface area contributed by atoms with Gasteiger partial charge in [0.1, 0.15) is 12.2 Å². The number of nitrogens with zero attached hydrogens (tertiary/aromatic N) is 5. The van der Waals surface area contributed by atoms with Crippen LogP contribution in [0.2, 0.25) is 0 Å². The van der Waals surface area contributed by atoms with Crippen LogP contribution in [0.25, 0.3) is 0 Å². The van der Waals surface area contributed by atoms with E-state index in [-0.39, 0.29) is 24.0 Å². The molecule has 0 radical (unpaired) electrons. The fraction of sp³-hybridized carbons (Fsp3) is 0.769. The monoisotopic (exact) mass is 409 g/mol. The molecule has 0 atom stereocenters. The molecule has 0 aliphatic rings. The molecule has 1 aromatic heterocycles. The van der Waals surface area contributed by atoms with E-state index in [1.807, 2.05) is 0 Å². The van der Waals surface area contributed by atoms with Crippen LogP contribution >= 0.6 is 24.0 Å². The van der Waals surface area contributed by atoms with Gasteiger partial charge in [-0.05, 0) is 13.6 Å². The third-order valence-corrected chi connectivity index (χ3v) is 3.21. The minimum Gasteiger partial charge on any atom is -0.355 e. The fourth-order valence-corrected chi connectivity index (χ4v) is 1.78. The highest BCUT2D eigenvalue weighted by Gasteiger charge is 2.02. The zero-order valence-corrected chi connectivity index (χ0v) is 15.8. The summed E-state index contributed by atoms with van der Waals surface area (Å²) in [6.07, 6.45) is 2.67. The molecule has 0 saturated carbocycles. The molecular formula is C13H28IN7. The van der Waals surface area contributed by atoms with Gasteiger partial charge in [-0.1, -0.05) is 13.8 Å². The molecule has 0 aliphatic carbocycles. The summed E-state index contributed by atoms with van der Waals surface area (Å²) in [5.41, 5.74) is 0. The average Bonchev–Trinajstić information content (AvgIpc) is 2.92. The summed E-state index contributed by atoms with van der Waals surface area (Å²) in [5.74, 6) is 1.85. The molecule has 0 unspecified atom stereocenters. The third kappa shape index (κ3) is 7.60. The van der Waals surface area contributed by atoms with Crippen LogP contribution in [-0.4, -0.2) is 65.9 Å². The van der Waals surface area contributed by atoms with Gasteiger partial charge in [0.15, 0.2) is 5.96 Å². The van der Waals surface area contributed by atoms with Crippen LogP contribution in [0.5, 0.6) is 0 Å². The van der Waals surface area contributed by atoms with Crippen LogP contribution in [0, 0.1) is 0 Å². The Morgan fingerprint density at radius 3 is 2.67 bits per heavy atom. The van der Waals surface area contributed by atoms with Gasteiger partial charge in [0.05, 0.1) is 0 Å². The topological polar surface area (TPSA) is 70.4 Å². The molecule has 21 heavy (non-hydrogen) atoms. The summed E-state index contributed by atoms with van der Waals surface area (Å²) in [4.78, 5) is 6.46. The van der Waals surface area contributed by atoms with E-state index in [4.69, 9.17) is 0 Å². The van der Waals surface area contributed by atoms with Crippen molar-refractivity contribution in [2.24, 2.45) is 4.99 Å². The van der Waals surface area contributed by atoms with E-state index >= 15 is 0 Å². The van der Waals surface area contributed by atoms with Crippen molar-refractivity contribution in [1.82, 2.24) is 30.3 Å². The van der Waals surface area contributed by atoms with Crippen molar-refractivity contribution in [2.75, 3.05) is 40.3 Å². The second-order valence-corrected chi connectivity index (χ2v) is 4.62. The first-order valence-electron chi connectivity index (χ1n) is 7.21. The molecule has 1 aromatic rings. The number of guanidine groups is 1. The fourth-order valence-electron chi connectivity index (χ4n) is 1.78. The van der Waals surface area contributed by atoms with Crippen molar-refractivity contribution in [3.05, 3.63) is 12.2 Å². The minimum atomic E-state index is 0. The van der Waals surface area contributed by atoms with E-state index in [9.17, 15) is 0 Å². The van der Waals surface area contributed by atoms with Crippen LogP contribution in [-0.2, 0) is 13.0 Å². The Kier molecular flexibility index (Phi) is 11.2. The zero-order chi connectivity index (χ0) is 14.8. The van der Waals surface area contributed by atoms with E-state index in [0.29, 0.717) is 0 Å². The highest BCUT2D eigenvalue weighted by Crippen LogP contribution is 1.94. The maximum absolute atomic E-state index is 4.21. The predicted molar refractivity (Wildman–Crippen MR) is 97.4 cm³/mol. The van der Waals surface area contributed by atoms with Crippen LogP contribution in [0.15, 0.2) is 11.3 Å². The van der Waals surface area contributed by atoms with E-state index in [1.54, 1.807) is 13.4 Å². The molecule has 7 nitrogen and oxygen atoms in total. The van der Waals surface area contributed by atoms with Crippen molar-refractivity contribution in [3.63, 3.8) is 0 Å². The lowest BCUT2D eigenvalue weighted by Gasteiger charge is -2.16. The van der Waals surface area contributed by atoms with Gasteiger partial charge in [-0.2, -0.15) is 0 Å². The number of rotatable bonds is 8. The Balaban J connectivity index is 0.00000400. The van der Waals surface area contributed by atoms with Crippen molar-refractivity contribution in [2.45, 2.75) is 26.8 Å². The standard InChI is InChI=1S/C13H27N7.HI/c1-5-12-18-17-11-20(12)10-8-16-13(14-3)15-7-9-19(4)6-2;/h11H,5-10H2,1-4H3,(H2,14,15,16);1H. The molecule has 0 spiro atoms. The lowest BCUT2D eigenvalue weighted by molar-refractivity contribution is 0.357. The smallest absolute Gasteiger partial charge is 0.191 e. The lowest BCUT2D eigenvalue weighted by atomic mass is 10.4. The van der Waals surface area contributed by atoms with E-state index in [1.165, 1.54) is 0 Å². The number of hydrogen-bond donors (Lipinski definition) is 2. The van der Waals surface area contributed by atoms with Gasteiger partial charge < -0.3 is 20.1 Å². The number of aromatic nitrogens is 3. The van der Waals surface area contributed by atoms with Crippen molar-refractivity contribution in [1.29, 1.82) is 0 Å². The number of halogens is 1. The first-order chi connectivity index (χ1) is 9.71. The molecule has 0 aromatic carbocycles. The quantitative estimate of drug-likeness (QED) is 0.374. The van der Waals surface area contributed by atoms with Crippen LogP contribution < -0.4 is 10.6 Å². The van der Waals surface area contributed by atoms with Gasteiger partial charge >= 0.3 is 0 Å². The van der Waals surface area contributed by atoms with Gasteiger partial charge in [-0.15, -0.1) is 34.2 Å². The molecule has 0 saturated heterocycles. The Morgan fingerprint density at radius 1 is 1.33 bits per heavy atom. The lowest BCUT2D eigenvalue weighted by Crippen LogP contribution is -2.42. The van der Waals surface area contributed by atoms with Crippen molar-refractivity contribution in [3.8, 4) is 0 Å². The molecule has 0 amide bonds. The maximum atomic E-state index is 4.21. The normalized spacial score (nSPS) is 11.4. The van der Waals surface area contributed by atoms with Gasteiger partial charge in [0.2, 0.25) is 0 Å². The molecule has 0 fully saturated rings. The van der Waals surface area contributed by atoms with Gasteiger partial charge in [-0.25, -0.2) is 0 Å². The molecule has 8 heteroatoms. The Morgan fingerprint density at radius 2 is 2.05 bits per heavy atom. The number of nitrogens with one attached hydrogen (secondary N) is 2. The second kappa shape index (κ2) is 11.7. The van der Waals surface area contributed by atoms with E-state index < -0.39 is 0 Å². The van der Waals surface area contributed by atoms with Gasteiger partial charge in [0, 0.05) is 39.6 Å². The molecule has 1 heterocycles. The summed E-state index contributed by atoms with van der Waals surface area (Å²) < 4.78 is 2.06. The second-order valence-electron chi connectivity index (χ2n) is 4.62. The first-order valence-corrected chi connectivity index (χ1v) is 7.21. The highest BCUT2D eigenvalue weighted by atomic mass is 127. The summed E-state index contributed by atoms with van der Waals surface area (Å²) in [7, 11) is 3.89. The maximum Gasteiger partial charge on any atom is 0.191 e. The third-order valence-electron chi connectivity index (χ3n) is 3.21. The Labute approximate surface area is 144 Å². The first kappa shape index (κ1) is 20.1. The van der Waals surface area contributed by atoms with Gasteiger partial charge in [-0.3, -0.25) is 4.99 Å². The predicted octanol–water partition coefficient (Wildman–Crippen LogP) is 0.575. The summed E-state index contributed by atoms with van der Waals surface area (Å²) in [5, 5.41) is 14.6. The van der Waals surface area contributed by atoms with Crippen molar-refractivity contribution < 1.29 is 0 Å². The molecule has 0 aliphatic heterocycles. The van der Waals surface area contributed by atoms with Crippen LogP contribution in [0.1, 0.15) is 19.7 Å². The summed E-state index contributed by atoms with van der Waals surface area (Å²) in [6.45, 7) is 8.82. The summed E-state index contributed by atoms with van der Waals surface area (Å²) in [6, 6.07) is 0. The highest BCUT2D eigenvalue weighted by molar-refractivity contribution is 14.0. The molecular weight excluding hydrogens is 381 g/mol. The number of likely N-dealkylation sites (N-methyl/N-ethyl adjacent to an activating group) is 1. The van der Waals surface area contributed by atoms with Gasteiger partial charge in [0.25, 0.3) is 0 Å². The van der Waals surface area contributed by atoms with E-state index in [0.717, 1.165) is 50.9 Å². The Bertz CT molecular complexity index is 405. The SMILES string of the molecule is CCc1nncn1CCNC(=NC)NCCN(C)CC.I. The van der Waals surface area contributed by atoms with Crippen molar-refractivity contribution >= 4 is 29.9 Å². The van der Waals surface area contributed by atoms with E-state index in [2.05, 4.69) is 56.2 Å². The average molecular weight is 409 g/mol.